The molecule has 1 atom stereocenters. The largest absolute Gasteiger partial charge is 0.479 e. The molecule has 6 nitrogen and oxygen atoms in total. The molecular formula is C14H18N2O4. The van der Waals surface area contributed by atoms with Crippen molar-refractivity contribution in [3.63, 3.8) is 0 Å². The second-order valence-corrected chi connectivity index (χ2v) is 4.81. The van der Waals surface area contributed by atoms with Crippen molar-refractivity contribution in [1.29, 1.82) is 0 Å². The molecule has 0 spiro atoms. The summed E-state index contributed by atoms with van der Waals surface area (Å²) < 4.78 is 0. The predicted molar refractivity (Wildman–Crippen MR) is 72.2 cm³/mol. The molecular weight excluding hydrogens is 260 g/mol. The SMILES string of the molecule is O=C(O)[C@@H](O)CCNC(=O)N1CCc2ccccc2C1. The van der Waals surface area contributed by atoms with Crippen molar-refractivity contribution >= 4 is 12.0 Å². The lowest BCUT2D eigenvalue weighted by Gasteiger charge is -2.29. The molecule has 20 heavy (non-hydrogen) atoms. The van der Waals surface area contributed by atoms with Crippen LogP contribution >= 0.6 is 0 Å². The van der Waals surface area contributed by atoms with E-state index < -0.39 is 12.1 Å². The second kappa shape index (κ2) is 6.38. The molecule has 0 aromatic heterocycles. The Morgan fingerprint density at radius 3 is 2.70 bits per heavy atom. The molecule has 1 heterocycles. The number of fused-ring (bicyclic) bond motifs is 1. The summed E-state index contributed by atoms with van der Waals surface area (Å²) in [6.07, 6.45) is -0.607. The number of benzene rings is 1. The Hall–Kier alpha value is -2.08. The van der Waals surface area contributed by atoms with Crippen LogP contribution in [0.5, 0.6) is 0 Å². The van der Waals surface area contributed by atoms with Gasteiger partial charge >= 0.3 is 12.0 Å². The van der Waals surface area contributed by atoms with E-state index in [4.69, 9.17) is 10.2 Å². The first-order valence-electron chi connectivity index (χ1n) is 6.58. The molecule has 1 aromatic carbocycles. The Bertz CT molecular complexity index is 504. The third-order valence-electron chi connectivity index (χ3n) is 3.40. The van der Waals surface area contributed by atoms with Crippen molar-refractivity contribution in [2.75, 3.05) is 13.1 Å². The number of carbonyl (C=O) groups is 2. The fraction of sp³-hybridized carbons (Fsp3) is 0.429. The summed E-state index contributed by atoms with van der Waals surface area (Å²) in [6.45, 7) is 1.35. The molecule has 0 fully saturated rings. The first-order chi connectivity index (χ1) is 9.58. The summed E-state index contributed by atoms with van der Waals surface area (Å²) in [4.78, 5) is 24.1. The maximum absolute atomic E-state index is 11.9. The highest BCUT2D eigenvalue weighted by atomic mass is 16.4. The minimum Gasteiger partial charge on any atom is -0.479 e. The van der Waals surface area contributed by atoms with Gasteiger partial charge in [-0.3, -0.25) is 0 Å². The predicted octanol–water partition coefficient (Wildman–Crippen LogP) is 0.590. The third kappa shape index (κ3) is 3.48. The Morgan fingerprint density at radius 2 is 2.00 bits per heavy atom. The molecule has 108 valence electrons. The number of rotatable bonds is 4. The average Bonchev–Trinajstić information content (AvgIpc) is 2.46. The van der Waals surface area contributed by atoms with Crippen molar-refractivity contribution in [1.82, 2.24) is 10.2 Å². The van der Waals surface area contributed by atoms with Gasteiger partial charge in [-0.25, -0.2) is 9.59 Å². The fourth-order valence-corrected chi connectivity index (χ4v) is 2.22. The van der Waals surface area contributed by atoms with Crippen LogP contribution in [0.3, 0.4) is 0 Å². The van der Waals surface area contributed by atoms with Gasteiger partial charge in [0.15, 0.2) is 6.10 Å². The van der Waals surface area contributed by atoms with E-state index in [9.17, 15) is 9.59 Å². The van der Waals surface area contributed by atoms with E-state index >= 15 is 0 Å². The van der Waals surface area contributed by atoms with Gasteiger partial charge in [0.2, 0.25) is 0 Å². The summed E-state index contributed by atoms with van der Waals surface area (Å²) in [7, 11) is 0. The van der Waals surface area contributed by atoms with Gasteiger partial charge in [0, 0.05) is 26.1 Å². The Kier molecular flexibility index (Phi) is 4.57. The van der Waals surface area contributed by atoms with E-state index in [1.54, 1.807) is 4.90 Å². The zero-order chi connectivity index (χ0) is 14.5. The summed E-state index contributed by atoms with van der Waals surface area (Å²) in [6, 6.07) is 7.78. The van der Waals surface area contributed by atoms with Crippen LogP contribution in [-0.2, 0) is 17.8 Å². The number of carboxylic acid groups (broad SMARTS) is 1. The molecule has 0 aliphatic carbocycles. The number of amides is 2. The van der Waals surface area contributed by atoms with E-state index in [1.807, 2.05) is 18.2 Å². The van der Waals surface area contributed by atoms with Gasteiger partial charge < -0.3 is 20.4 Å². The van der Waals surface area contributed by atoms with Crippen molar-refractivity contribution < 1.29 is 19.8 Å². The molecule has 6 heteroatoms. The van der Waals surface area contributed by atoms with Gasteiger partial charge in [-0.15, -0.1) is 0 Å². The van der Waals surface area contributed by atoms with E-state index in [-0.39, 0.29) is 19.0 Å². The molecule has 1 aliphatic rings. The lowest BCUT2D eigenvalue weighted by molar-refractivity contribution is -0.146. The van der Waals surface area contributed by atoms with Gasteiger partial charge in [0.1, 0.15) is 0 Å². The summed E-state index contributed by atoms with van der Waals surface area (Å²) in [5.41, 5.74) is 2.40. The second-order valence-electron chi connectivity index (χ2n) is 4.81. The summed E-state index contributed by atoms with van der Waals surface area (Å²) >= 11 is 0. The van der Waals surface area contributed by atoms with Crippen molar-refractivity contribution in [2.24, 2.45) is 0 Å². The van der Waals surface area contributed by atoms with E-state index in [0.717, 1.165) is 12.0 Å². The zero-order valence-electron chi connectivity index (χ0n) is 11.1. The molecule has 1 aromatic rings. The number of aliphatic hydroxyl groups excluding tert-OH is 1. The van der Waals surface area contributed by atoms with Crippen LogP contribution in [0.25, 0.3) is 0 Å². The monoisotopic (exact) mass is 278 g/mol. The minimum absolute atomic E-state index is 0.00546. The number of aliphatic hydroxyl groups is 1. The third-order valence-corrected chi connectivity index (χ3v) is 3.40. The van der Waals surface area contributed by atoms with Gasteiger partial charge in [0.05, 0.1) is 0 Å². The number of nitrogens with one attached hydrogen (secondary N) is 1. The molecule has 2 rings (SSSR count). The summed E-state index contributed by atoms with van der Waals surface area (Å²) in [5.74, 6) is -1.27. The molecule has 0 radical (unpaired) electrons. The normalized spacial score (nSPS) is 15.3. The van der Waals surface area contributed by atoms with Crippen LogP contribution in [0.2, 0.25) is 0 Å². The molecule has 0 unspecified atom stereocenters. The van der Waals surface area contributed by atoms with Crippen LogP contribution in [-0.4, -0.2) is 46.3 Å². The highest BCUT2D eigenvalue weighted by molar-refractivity contribution is 5.75. The zero-order valence-corrected chi connectivity index (χ0v) is 11.1. The lowest BCUT2D eigenvalue weighted by Crippen LogP contribution is -2.43. The average molecular weight is 278 g/mol. The Morgan fingerprint density at radius 1 is 1.30 bits per heavy atom. The number of aliphatic carboxylic acids is 1. The van der Waals surface area contributed by atoms with Crippen LogP contribution in [0, 0.1) is 0 Å². The van der Waals surface area contributed by atoms with Crippen molar-refractivity contribution in [3.8, 4) is 0 Å². The maximum atomic E-state index is 11.9. The van der Waals surface area contributed by atoms with Crippen molar-refractivity contribution in [2.45, 2.75) is 25.5 Å². The van der Waals surface area contributed by atoms with Crippen molar-refractivity contribution in [3.05, 3.63) is 35.4 Å². The lowest BCUT2D eigenvalue weighted by atomic mass is 10.0. The van der Waals surface area contributed by atoms with Gasteiger partial charge in [-0.05, 0) is 17.5 Å². The van der Waals surface area contributed by atoms with Crippen LogP contribution < -0.4 is 5.32 Å². The molecule has 0 saturated carbocycles. The first kappa shape index (κ1) is 14.3. The van der Waals surface area contributed by atoms with E-state index in [0.29, 0.717) is 13.1 Å². The molecule has 0 bridgehead atoms. The number of carboxylic acids is 1. The number of nitrogens with zero attached hydrogens (tertiary/aromatic N) is 1. The topological polar surface area (TPSA) is 89.9 Å². The Labute approximate surface area is 117 Å². The molecule has 2 amide bonds. The van der Waals surface area contributed by atoms with Crippen LogP contribution in [0.1, 0.15) is 17.5 Å². The van der Waals surface area contributed by atoms with Crippen LogP contribution in [0.4, 0.5) is 4.79 Å². The number of hydrogen-bond acceptors (Lipinski definition) is 3. The first-order valence-corrected chi connectivity index (χ1v) is 6.58. The molecule has 0 saturated heterocycles. The highest BCUT2D eigenvalue weighted by Crippen LogP contribution is 2.18. The van der Waals surface area contributed by atoms with E-state index in [1.165, 1.54) is 5.56 Å². The highest BCUT2D eigenvalue weighted by Gasteiger charge is 2.20. The molecule has 3 N–H and O–H groups in total. The molecule has 1 aliphatic heterocycles. The standard InChI is InChI=1S/C14H18N2O4/c17-12(13(18)19)5-7-15-14(20)16-8-6-10-3-1-2-4-11(10)9-16/h1-4,12,17H,5-9H2,(H,15,20)(H,18,19)/t12-/m0/s1. The van der Waals surface area contributed by atoms with Crippen LogP contribution in [0.15, 0.2) is 24.3 Å². The minimum atomic E-state index is -1.43. The van der Waals surface area contributed by atoms with Gasteiger partial charge in [-0.2, -0.15) is 0 Å². The Balaban J connectivity index is 1.81. The quantitative estimate of drug-likeness (QED) is 0.752. The van der Waals surface area contributed by atoms with Gasteiger partial charge in [0.25, 0.3) is 0 Å². The maximum Gasteiger partial charge on any atom is 0.332 e. The number of hydrogen-bond donors (Lipinski definition) is 3. The number of carbonyl (C=O) groups excluding carboxylic acids is 1. The van der Waals surface area contributed by atoms with E-state index in [2.05, 4.69) is 11.4 Å². The van der Waals surface area contributed by atoms with Gasteiger partial charge in [-0.1, -0.05) is 24.3 Å². The summed E-state index contributed by atoms with van der Waals surface area (Å²) in [5, 5.41) is 20.3. The smallest absolute Gasteiger partial charge is 0.332 e. The fourth-order valence-electron chi connectivity index (χ4n) is 2.22. The number of urea groups is 1.